The number of nitrogens with one attached hydrogen (secondary N) is 1. The summed E-state index contributed by atoms with van der Waals surface area (Å²) in [4.78, 5) is 0.749. The molecule has 0 bridgehead atoms. The molecule has 7 heteroatoms. The van der Waals surface area contributed by atoms with Crippen LogP contribution in [0.15, 0.2) is 42.5 Å². The summed E-state index contributed by atoms with van der Waals surface area (Å²) in [6.45, 7) is 5.19. The molecule has 1 N–H and O–H groups in total. The number of nitrogens with zero attached hydrogens (tertiary/aromatic N) is 1. The van der Waals surface area contributed by atoms with E-state index in [1.165, 1.54) is 12.2 Å². The highest BCUT2D eigenvalue weighted by Gasteiger charge is 2.42. The Morgan fingerprint density at radius 2 is 1.74 bits per heavy atom. The van der Waals surface area contributed by atoms with Crippen molar-refractivity contribution in [3.8, 4) is 0 Å². The number of anilines is 1. The van der Waals surface area contributed by atoms with Gasteiger partial charge in [-0.05, 0) is 12.5 Å². The Kier molecular flexibility index (Phi) is 3.50. The van der Waals surface area contributed by atoms with Gasteiger partial charge in [-0.25, -0.2) is 17.6 Å². The van der Waals surface area contributed by atoms with E-state index in [0.717, 1.165) is 11.1 Å². The smallest absolute Gasteiger partial charge is 0.212 e. The van der Waals surface area contributed by atoms with E-state index in [1.54, 1.807) is 13.0 Å². The van der Waals surface area contributed by atoms with E-state index in [0.29, 0.717) is 5.57 Å². The van der Waals surface area contributed by atoms with E-state index < -0.39 is 46.6 Å². The first-order chi connectivity index (χ1) is 10.9. The van der Waals surface area contributed by atoms with Crippen molar-refractivity contribution < 1.29 is 22.0 Å². The van der Waals surface area contributed by atoms with E-state index in [9.17, 15) is 22.0 Å². The molecule has 0 amide bonds. The van der Waals surface area contributed by atoms with Crippen molar-refractivity contribution >= 4 is 11.3 Å². The quantitative estimate of drug-likeness (QED) is 0.378. The minimum absolute atomic E-state index is 0.0604. The first-order valence-electron chi connectivity index (χ1n) is 6.70. The van der Waals surface area contributed by atoms with Gasteiger partial charge >= 0.3 is 0 Å². The fraction of sp³-hybridized carbons (Fsp3) is 0.125. The average Bonchev–Trinajstić information content (AvgIpc) is 2.92. The SMILES string of the molecule is C=CC1=C(/C=C\C)C2NC=C(F)N2c2c(F)c(F)c(F)c(F)c21. The number of hydrogen-bond donors (Lipinski definition) is 1. The molecule has 2 aliphatic rings. The van der Waals surface area contributed by atoms with Crippen molar-refractivity contribution in [2.45, 2.75) is 13.1 Å². The first kappa shape index (κ1) is 15.3. The van der Waals surface area contributed by atoms with Gasteiger partial charge in [-0.15, -0.1) is 0 Å². The molecule has 3 rings (SSSR count). The van der Waals surface area contributed by atoms with Crippen LogP contribution >= 0.6 is 0 Å². The van der Waals surface area contributed by atoms with Crippen molar-refractivity contribution in [1.29, 1.82) is 0 Å². The molecule has 0 spiro atoms. The summed E-state index contributed by atoms with van der Waals surface area (Å²) in [5.41, 5.74) is -0.852. The summed E-state index contributed by atoms with van der Waals surface area (Å²) in [5.74, 6) is -8.12. The zero-order valence-corrected chi connectivity index (χ0v) is 11.9. The van der Waals surface area contributed by atoms with Crippen LogP contribution in [0.1, 0.15) is 12.5 Å². The zero-order valence-electron chi connectivity index (χ0n) is 11.9. The lowest BCUT2D eigenvalue weighted by molar-refractivity contribution is 0.405. The molecular weight excluding hydrogens is 315 g/mol. The second-order valence-corrected chi connectivity index (χ2v) is 4.96. The molecule has 2 aliphatic heterocycles. The highest BCUT2D eigenvalue weighted by Crippen LogP contribution is 2.46. The number of hydrogen-bond acceptors (Lipinski definition) is 2. The highest BCUT2D eigenvalue weighted by molar-refractivity contribution is 5.91. The Morgan fingerprint density at radius 3 is 2.35 bits per heavy atom. The molecule has 2 nitrogen and oxygen atoms in total. The monoisotopic (exact) mass is 326 g/mol. The fourth-order valence-corrected chi connectivity index (χ4v) is 2.84. The third-order valence-electron chi connectivity index (χ3n) is 3.76. The van der Waals surface area contributed by atoms with Crippen molar-refractivity contribution in [3.63, 3.8) is 0 Å². The van der Waals surface area contributed by atoms with Crippen molar-refractivity contribution in [2.24, 2.45) is 0 Å². The normalized spacial score (nSPS) is 19.7. The van der Waals surface area contributed by atoms with E-state index in [1.807, 2.05) is 0 Å². The number of halogens is 5. The van der Waals surface area contributed by atoms with Gasteiger partial charge in [0.05, 0.1) is 11.9 Å². The largest absolute Gasteiger partial charge is 0.363 e. The summed E-state index contributed by atoms with van der Waals surface area (Å²) in [5, 5.41) is 2.66. The summed E-state index contributed by atoms with van der Waals surface area (Å²) in [6.07, 6.45) is 4.38. The van der Waals surface area contributed by atoms with Gasteiger partial charge in [0, 0.05) is 11.1 Å². The highest BCUT2D eigenvalue weighted by atomic mass is 19.2. The Bertz CT molecular complexity index is 807. The minimum Gasteiger partial charge on any atom is -0.363 e. The Labute approximate surface area is 128 Å². The zero-order chi connectivity index (χ0) is 16.9. The van der Waals surface area contributed by atoms with Crippen molar-refractivity contribution in [2.75, 3.05) is 4.90 Å². The van der Waals surface area contributed by atoms with Gasteiger partial charge in [-0.1, -0.05) is 24.8 Å². The Morgan fingerprint density at radius 1 is 1.09 bits per heavy atom. The summed E-state index contributed by atoms with van der Waals surface area (Å²) in [6, 6.07) is 0. The third kappa shape index (κ3) is 1.92. The van der Waals surface area contributed by atoms with E-state index in [-0.39, 0.29) is 5.57 Å². The van der Waals surface area contributed by atoms with Crippen molar-refractivity contribution in [3.05, 3.63) is 71.4 Å². The summed E-state index contributed by atoms with van der Waals surface area (Å²) < 4.78 is 69.8. The predicted octanol–water partition coefficient (Wildman–Crippen LogP) is 4.28. The molecular formula is C16H11F5N2. The summed E-state index contributed by atoms with van der Waals surface area (Å²) in [7, 11) is 0. The van der Waals surface area contributed by atoms with Crippen LogP contribution in [-0.4, -0.2) is 6.17 Å². The fourth-order valence-electron chi connectivity index (χ4n) is 2.84. The third-order valence-corrected chi connectivity index (χ3v) is 3.76. The number of allylic oxidation sites excluding steroid dienone is 3. The lowest BCUT2D eigenvalue weighted by Gasteiger charge is -2.35. The molecule has 1 unspecified atom stereocenters. The van der Waals surface area contributed by atoms with Gasteiger partial charge in [0.1, 0.15) is 6.17 Å². The lowest BCUT2D eigenvalue weighted by atomic mass is 9.90. The topological polar surface area (TPSA) is 15.3 Å². The molecule has 23 heavy (non-hydrogen) atoms. The molecule has 0 saturated heterocycles. The van der Waals surface area contributed by atoms with Crippen LogP contribution in [-0.2, 0) is 0 Å². The Balaban J connectivity index is 2.47. The number of fused-ring (bicyclic) bond motifs is 3. The minimum atomic E-state index is -1.99. The molecule has 1 aromatic rings. The molecule has 0 saturated carbocycles. The van der Waals surface area contributed by atoms with Crippen LogP contribution < -0.4 is 10.2 Å². The summed E-state index contributed by atoms with van der Waals surface area (Å²) >= 11 is 0. The second-order valence-electron chi connectivity index (χ2n) is 4.96. The molecule has 0 aromatic heterocycles. The molecule has 0 aliphatic carbocycles. The van der Waals surface area contributed by atoms with Crippen LogP contribution in [0.4, 0.5) is 27.6 Å². The number of rotatable bonds is 2. The molecule has 0 radical (unpaired) electrons. The predicted molar refractivity (Wildman–Crippen MR) is 76.8 cm³/mol. The first-order valence-corrected chi connectivity index (χ1v) is 6.70. The van der Waals surface area contributed by atoms with E-state index >= 15 is 0 Å². The van der Waals surface area contributed by atoms with Gasteiger partial charge < -0.3 is 5.32 Å². The van der Waals surface area contributed by atoms with Gasteiger partial charge in [-0.2, -0.15) is 4.39 Å². The van der Waals surface area contributed by atoms with Crippen LogP contribution in [0.25, 0.3) is 5.57 Å². The molecule has 1 aromatic carbocycles. The van der Waals surface area contributed by atoms with Gasteiger partial charge in [0.2, 0.25) is 5.95 Å². The van der Waals surface area contributed by atoms with E-state index in [2.05, 4.69) is 11.9 Å². The van der Waals surface area contributed by atoms with Crippen LogP contribution in [0, 0.1) is 23.3 Å². The van der Waals surface area contributed by atoms with Gasteiger partial charge in [0.15, 0.2) is 23.3 Å². The van der Waals surface area contributed by atoms with Gasteiger partial charge in [-0.3, -0.25) is 4.90 Å². The van der Waals surface area contributed by atoms with Gasteiger partial charge in [0.25, 0.3) is 0 Å². The van der Waals surface area contributed by atoms with Crippen LogP contribution in [0.2, 0.25) is 0 Å². The maximum absolute atomic E-state index is 14.3. The number of benzene rings is 1. The molecule has 120 valence electrons. The maximum Gasteiger partial charge on any atom is 0.212 e. The van der Waals surface area contributed by atoms with Crippen LogP contribution in [0.3, 0.4) is 0 Å². The Hall–Kier alpha value is -2.57. The molecule has 1 atom stereocenters. The standard InChI is InChI=1S/C16H11F5N2/c1-3-5-8-7(4-2)10-11(18)12(19)13(20)14(21)15(10)23-9(17)6-22-16(8)23/h3-6,16,22H,2H2,1H3/b5-3-. The van der Waals surface area contributed by atoms with E-state index in [4.69, 9.17) is 0 Å². The van der Waals surface area contributed by atoms with Crippen molar-refractivity contribution in [1.82, 2.24) is 5.32 Å². The second kappa shape index (κ2) is 5.26. The molecule has 2 heterocycles. The maximum atomic E-state index is 14.3. The lowest BCUT2D eigenvalue weighted by Crippen LogP contribution is -2.42. The van der Waals surface area contributed by atoms with Crippen LogP contribution in [0.5, 0.6) is 0 Å². The average molecular weight is 326 g/mol. The molecule has 0 fully saturated rings.